The van der Waals surface area contributed by atoms with E-state index in [0.29, 0.717) is 0 Å². The van der Waals surface area contributed by atoms with E-state index in [1.54, 1.807) is 0 Å². The number of allylic oxidation sites excluding steroid dienone is 3. The first-order valence-electron chi connectivity index (χ1n) is 4.51. The van der Waals surface area contributed by atoms with Gasteiger partial charge in [-0.25, -0.2) is 0 Å². The summed E-state index contributed by atoms with van der Waals surface area (Å²) in [6, 6.07) is 8.40. The molecule has 0 N–H and O–H groups in total. The molecular formula is C13H16. The zero-order chi connectivity index (χ0) is 9.84. The van der Waals surface area contributed by atoms with Gasteiger partial charge >= 0.3 is 0 Å². The van der Waals surface area contributed by atoms with E-state index >= 15 is 0 Å². The molecule has 68 valence electrons. The normalized spacial score (nSPS) is 11.5. The lowest BCUT2D eigenvalue weighted by atomic mass is 10.0. The third kappa shape index (κ3) is 2.59. The van der Waals surface area contributed by atoms with Gasteiger partial charge in [-0.15, -0.1) is 0 Å². The SMILES string of the molecule is C=C(C)/C=C(\C)c1ccccc1C. The van der Waals surface area contributed by atoms with Gasteiger partial charge in [0.05, 0.1) is 0 Å². The number of benzene rings is 1. The van der Waals surface area contributed by atoms with Crippen LogP contribution in [0.2, 0.25) is 0 Å². The van der Waals surface area contributed by atoms with E-state index in [1.807, 2.05) is 6.92 Å². The molecule has 0 nitrogen and oxygen atoms in total. The van der Waals surface area contributed by atoms with E-state index in [-0.39, 0.29) is 0 Å². The Labute approximate surface area is 80.6 Å². The summed E-state index contributed by atoms with van der Waals surface area (Å²) in [6.45, 7) is 10.1. The van der Waals surface area contributed by atoms with Crippen molar-refractivity contribution in [1.29, 1.82) is 0 Å². The van der Waals surface area contributed by atoms with Crippen molar-refractivity contribution in [3.05, 3.63) is 53.6 Å². The van der Waals surface area contributed by atoms with Crippen molar-refractivity contribution in [3.63, 3.8) is 0 Å². The molecule has 0 saturated carbocycles. The van der Waals surface area contributed by atoms with Gasteiger partial charge in [0.1, 0.15) is 0 Å². The molecule has 0 radical (unpaired) electrons. The number of rotatable bonds is 2. The number of hydrogen-bond acceptors (Lipinski definition) is 0. The molecule has 0 fully saturated rings. The topological polar surface area (TPSA) is 0 Å². The van der Waals surface area contributed by atoms with Crippen molar-refractivity contribution in [2.45, 2.75) is 20.8 Å². The van der Waals surface area contributed by atoms with Crippen LogP contribution in [-0.2, 0) is 0 Å². The summed E-state index contributed by atoms with van der Waals surface area (Å²) >= 11 is 0. The Bertz CT molecular complexity index is 343. The highest BCUT2D eigenvalue weighted by Gasteiger charge is 1.97. The lowest BCUT2D eigenvalue weighted by Gasteiger charge is -2.05. The first kappa shape index (κ1) is 9.79. The summed E-state index contributed by atoms with van der Waals surface area (Å²) < 4.78 is 0. The van der Waals surface area contributed by atoms with Crippen LogP contribution in [0.5, 0.6) is 0 Å². The maximum atomic E-state index is 3.87. The molecule has 0 aliphatic heterocycles. The number of aryl methyl sites for hydroxylation is 1. The standard InChI is InChI=1S/C13H16/c1-10(2)9-12(4)13-8-6-5-7-11(13)3/h5-9H,1H2,2-4H3/b12-9+. The summed E-state index contributed by atoms with van der Waals surface area (Å²) in [5, 5.41) is 0. The zero-order valence-corrected chi connectivity index (χ0v) is 8.59. The van der Waals surface area contributed by atoms with Crippen LogP contribution in [0.25, 0.3) is 5.57 Å². The lowest BCUT2D eigenvalue weighted by Crippen LogP contribution is -1.84. The van der Waals surface area contributed by atoms with Crippen molar-refractivity contribution >= 4 is 5.57 Å². The van der Waals surface area contributed by atoms with Crippen LogP contribution in [0.1, 0.15) is 25.0 Å². The second-order valence-corrected chi connectivity index (χ2v) is 3.49. The van der Waals surface area contributed by atoms with Crippen LogP contribution in [0, 0.1) is 6.92 Å². The Morgan fingerprint density at radius 2 is 1.85 bits per heavy atom. The highest BCUT2D eigenvalue weighted by molar-refractivity contribution is 5.68. The molecule has 0 bridgehead atoms. The maximum Gasteiger partial charge on any atom is -0.0198 e. The van der Waals surface area contributed by atoms with Crippen LogP contribution < -0.4 is 0 Å². The lowest BCUT2D eigenvalue weighted by molar-refractivity contribution is 1.40. The Balaban J connectivity index is 3.08. The average Bonchev–Trinajstić information content (AvgIpc) is 2.03. The predicted octanol–water partition coefficient (Wildman–Crippen LogP) is 3.97. The Hall–Kier alpha value is -1.30. The molecule has 0 aromatic heterocycles. The van der Waals surface area contributed by atoms with Crippen LogP contribution in [0.3, 0.4) is 0 Å². The summed E-state index contributed by atoms with van der Waals surface area (Å²) in [5.74, 6) is 0. The molecule has 0 unspecified atom stereocenters. The predicted molar refractivity (Wildman–Crippen MR) is 59.6 cm³/mol. The molecule has 1 aromatic rings. The van der Waals surface area contributed by atoms with Gasteiger partial charge < -0.3 is 0 Å². The molecule has 0 amide bonds. The van der Waals surface area contributed by atoms with Gasteiger partial charge in [0.15, 0.2) is 0 Å². The van der Waals surface area contributed by atoms with Crippen molar-refractivity contribution in [1.82, 2.24) is 0 Å². The minimum Gasteiger partial charge on any atom is -0.0961 e. The minimum atomic E-state index is 1.10. The minimum absolute atomic E-state index is 1.10. The highest BCUT2D eigenvalue weighted by atomic mass is 14.0. The molecule has 0 atom stereocenters. The third-order valence-electron chi connectivity index (χ3n) is 2.03. The Morgan fingerprint density at radius 3 is 2.38 bits per heavy atom. The molecule has 0 heterocycles. The maximum absolute atomic E-state index is 3.87. The zero-order valence-electron chi connectivity index (χ0n) is 8.59. The summed E-state index contributed by atoms with van der Waals surface area (Å²) in [4.78, 5) is 0. The fraction of sp³-hybridized carbons (Fsp3) is 0.231. The van der Waals surface area contributed by atoms with Gasteiger partial charge in [0.25, 0.3) is 0 Å². The number of hydrogen-bond donors (Lipinski definition) is 0. The van der Waals surface area contributed by atoms with E-state index < -0.39 is 0 Å². The Kier molecular flexibility index (Phi) is 3.07. The summed E-state index contributed by atoms with van der Waals surface area (Å²) in [6.07, 6.45) is 2.11. The largest absolute Gasteiger partial charge is 0.0961 e. The second kappa shape index (κ2) is 4.08. The molecule has 1 aromatic carbocycles. The molecule has 0 saturated heterocycles. The third-order valence-corrected chi connectivity index (χ3v) is 2.03. The van der Waals surface area contributed by atoms with Gasteiger partial charge in [-0.3, -0.25) is 0 Å². The molecule has 1 rings (SSSR count). The van der Waals surface area contributed by atoms with E-state index in [2.05, 4.69) is 50.8 Å². The molecule has 13 heavy (non-hydrogen) atoms. The fourth-order valence-corrected chi connectivity index (χ4v) is 1.46. The van der Waals surface area contributed by atoms with Gasteiger partial charge in [0.2, 0.25) is 0 Å². The summed E-state index contributed by atoms with van der Waals surface area (Å²) in [5.41, 5.74) is 5.01. The van der Waals surface area contributed by atoms with E-state index in [1.165, 1.54) is 16.7 Å². The summed E-state index contributed by atoms with van der Waals surface area (Å²) in [7, 11) is 0. The van der Waals surface area contributed by atoms with Crippen LogP contribution in [0.4, 0.5) is 0 Å². The monoisotopic (exact) mass is 172 g/mol. The first-order chi connectivity index (χ1) is 6.11. The van der Waals surface area contributed by atoms with Crippen molar-refractivity contribution in [3.8, 4) is 0 Å². The van der Waals surface area contributed by atoms with E-state index in [0.717, 1.165) is 5.57 Å². The van der Waals surface area contributed by atoms with Crippen LogP contribution in [0.15, 0.2) is 42.5 Å². The van der Waals surface area contributed by atoms with Crippen LogP contribution in [-0.4, -0.2) is 0 Å². The van der Waals surface area contributed by atoms with Gasteiger partial charge in [-0.1, -0.05) is 42.5 Å². The molecule has 0 spiro atoms. The smallest absolute Gasteiger partial charge is 0.0198 e. The Morgan fingerprint density at radius 1 is 1.23 bits per heavy atom. The van der Waals surface area contributed by atoms with Crippen molar-refractivity contribution < 1.29 is 0 Å². The second-order valence-electron chi connectivity index (χ2n) is 3.49. The van der Waals surface area contributed by atoms with Gasteiger partial charge in [-0.05, 0) is 37.5 Å². The first-order valence-corrected chi connectivity index (χ1v) is 4.51. The highest BCUT2D eigenvalue weighted by Crippen LogP contribution is 2.18. The van der Waals surface area contributed by atoms with Gasteiger partial charge in [0, 0.05) is 0 Å². The molecule has 0 heteroatoms. The van der Waals surface area contributed by atoms with Crippen LogP contribution >= 0.6 is 0 Å². The fourth-order valence-electron chi connectivity index (χ4n) is 1.46. The molecular weight excluding hydrogens is 156 g/mol. The molecule has 0 aliphatic rings. The van der Waals surface area contributed by atoms with Crippen molar-refractivity contribution in [2.75, 3.05) is 0 Å². The molecule has 0 aliphatic carbocycles. The van der Waals surface area contributed by atoms with E-state index in [9.17, 15) is 0 Å². The van der Waals surface area contributed by atoms with E-state index in [4.69, 9.17) is 0 Å². The quantitative estimate of drug-likeness (QED) is 0.592. The average molecular weight is 172 g/mol. The van der Waals surface area contributed by atoms with Gasteiger partial charge in [-0.2, -0.15) is 0 Å². The van der Waals surface area contributed by atoms with Crippen molar-refractivity contribution in [2.24, 2.45) is 0 Å².